The molecule has 4 fully saturated rings. The van der Waals surface area contributed by atoms with E-state index in [1.807, 2.05) is 155 Å². The molecule has 8 atom stereocenters. The van der Waals surface area contributed by atoms with E-state index < -0.39 is 7.60 Å². The minimum Gasteiger partial charge on any atom is -0.384 e. The molecule has 10 aromatic rings. The van der Waals surface area contributed by atoms with Crippen LogP contribution in [-0.2, 0) is 68.4 Å². The first-order chi connectivity index (χ1) is 66.2. The predicted molar refractivity (Wildman–Crippen MR) is 541 cm³/mol. The number of alkyl halides is 1. The molecule has 0 spiro atoms. The van der Waals surface area contributed by atoms with E-state index in [1.54, 1.807) is 62.8 Å². The monoisotopic (exact) mass is 1900 g/mol. The summed E-state index contributed by atoms with van der Waals surface area (Å²) in [5, 5.41) is 85.1. The van der Waals surface area contributed by atoms with Gasteiger partial charge in [-0.3, -0.25) is 20.4 Å². The second-order valence-corrected chi connectivity index (χ2v) is 37.4. The van der Waals surface area contributed by atoms with Crippen molar-refractivity contribution in [3.05, 3.63) is 325 Å². The number of nitriles is 8. The number of pyridine rings is 6. The molecule has 0 saturated heterocycles. The molecule has 0 amide bonds. The number of amidine groups is 2. The van der Waals surface area contributed by atoms with Crippen molar-refractivity contribution in [3.8, 4) is 48.6 Å². The van der Waals surface area contributed by atoms with Gasteiger partial charge in [-0.15, -0.1) is 0 Å². The SMILES string of the molecule is CC.CCOP(=O)(Cc1ccc(C#N)nc1)OCC.Cc1ccc(C#N)nc1.N#Cc1ccc(CBr)cn1.N#Cc1ccc(CC[C@@H]2CCC[C@H](/C=C/c3ccc(C#N)nc3)C2)cc1.N#Cc1ccc(CC[C@@H]2CCC[C@H](C=O)C2)cc1.N#Cc1ccc(CC[C@@H]2CCC[C@H](CCc3ccc(C#N)nc3)C2)cc1.N=C(N)c1ccc(CC[C@@H]2CCC[C@H](CCc3ccc(C(=N)N)nc3)C2)cc1. The van der Waals surface area contributed by atoms with Crippen LogP contribution in [0.2, 0.25) is 0 Å². The Kier molecular flexibility index (Phi) is 50.8. The number of carbonyl (C=O) groups excluding carboxylic acids is 1. The molecule has 0 bridgehead atoms. The predicted octanol–water partition coefficient (Wildman–Crippen LogP) is 24.8. The van der Waals surface area contributed by atoms with E-state index in [2.05, 4.69) is 125 Å². The molecule has 6 N–H and O–H groups in total. The maximum absolute atomic E-state index is 12.2. The summed E-state index contributed by atoms with van der Waals surface area (Å²) in [6.07, 6.45) is 50.3. The van der Waals surface area contributed by atoms with Crippen LogP contribution >= 0.6 is 23.5 Å². The lowest BCUT2D eigenvalue weighted by molar-refractivity contribution is -0.112. The number of aldehydes is 1. The number of rotatable bonds is 30. The zero-order valence-electron chi connectivity index (χ0n) is 79.5. The molecular weight excluding hydrogens is 1770 g/mol. The average Bonchev–Trinajstić information content (AvgIpc) is 0.845. The molecule has 4 saturated carbocycles. The number of benzene rings is 4. The van der Waals surface area contributed by atoms with Gasteiger partial charge < -0.3 is 25.3 Å². The van der Waals surface area contributed by atoms with E-state index >= 15 is 0 Å². The van der Waals surface area contributed by atoms with E-state index in [9.17, 15) is 9.36 Å². The Morgan fingerprint density at radius 3 is 1.04 bits per heavy atom. The third kappa shape index (κ3) is 42.1. The molecular formula is C112H130BrN18O4P. The minimum absolute atomic E-state index is 0.0256. The first kappa shape index (κ1) is 110. The first-order valence-electron chi connectivity index (χ1n) is 47.7. The van der Waals surface area contributed by atoms with Crippen LogP contribution in [0.3, 0.4) is 0 Å². The summed E-state index contributed by atoms with van der Waals surface area (Å²) < 4.78 is 22.5. The van der Waals surface area contributed by atoms with Crippen molar-refractivity contribution in [3.63, 3.8) is 0 Å². The second kappa shape index (κ2) is 63.0. The summed E-state index contributed by atoms with van der Waals surface area (Å²) in [4.78, 5) is 35.0. The number of hydrogen-bond acceptors (Lipinski definition) is 20. The molecule has 4 aromatic carbocycles. The van der Waals surface area contributed by atoms with Gasteiger partial charge in [0.1, 0.15) is 82.5 Å². The number of allylic oxidation sites excluding steroid dienone is 1. The van der Waals surface area contributed by atoms with Crippen LogP contribution in [0.1, 0.15) is 281 Å². The van der Waals surface area contributed by atoms with E-state index in [-0.39, 0.29) is 17.8 Å². The van der Waals surface area contributed by atoms with Crippen molar-refractivity contribution >= 4 is 47.6 Å². The smallest absolute Gasteiger partial charge is 0.335 e. The van der Waals surface area contributed by atoms with Gasteiger partial charge in [-0.25, -0.2) is 24.9 Å². The number of carbonyl (C=O) groups is 1. The number of hydrogen-bond donors (Lipinski definition) is 4. The topological polar surface area (TPSA) is 420 Å². The van der Waals surface area contributed by atoms with Crippen molar-refractivity contribution in [1.29, 1.82) is 52.9 Å². The maximum atomic E-state index is 12.2. The molecule has 24 heteroatoms. The van der Waals surface area contributed by atoms with Gasteiger partial charge >= 0.3 is 7.60 Å². The van der Waals surface area contributed by atoms with Gasteiger partial charge in [0, 0.05) is 54.0 Å². The zero-order valence-corrected chi connectivity index (χ0v) is 82.0. The summed E-state index contributed by atoms with van der Waals surface area (Å²) in [5.41, 5.74) is 28.5. The molecule has 6 heterocycles. The molecule has 6 aromatic heterocycles. The Morgan fingerprint density at radius 2 is 0.713 bits per heavy atom. The van der Waals surface area contributed by atoms with Gasteiger partial charge in [0.25, 0.3) is 0 Å². The fourth-order valence-electron chi connectivity index (χ4n) is 17.3. The third-order valence-corrected chi connectivity index (χ3v) is 27.5. The number of nitrogens with one attached hydrogen (secondary N) is 2. The zero-order chi connectivity index (χ0) is 97.9. The summed E-state index contributed by atoms with van der Waals surface area (Å²) in [7, 11) is -3.09. The van der Waals surface area contributed by atoms with Crippen LogP contribution in [0.15, 0.2) is 213 Å². The van der Waals surface area contributed by atoms with Gasteiger partial charge in [0.15, 0.2) is 0 Å². The van der Waals surface area contributed by atoms with Gasteiger partial charge in [-0.1, -0.05) is 203 Å². The van der Waals surface area contributed by atoms with Crippen molar-refractivity contribution in [2.75, 3.05) is 13.2 Å². The Balaban J connectivity index is 0.000000222. The number of nitrogen functional groups attached to an aromatic ring is 2. The lowest BCUT2D eigenvalue weighted by Crippen LogP contribution is -2.17. The minimum atomic E-state index is -3.09. The highest BCUT2D eigenvalue weighted by atomic mass is 79.9. The van der Waals surface area contributed by atoms with Crippen LogP contribution in [-0.4, -0.2) is 61.1 Å². The van der Waals surface area contributed by atoms with E-state index in [1.165, 1.54) is 162 Å². The average molecular weight is 1900 g/mol. The van der Waals surface area contributed by atoms with Crippen LogP contribution in [0, 0.1) is 156 Å². The lowest BCUT2D eigenvalue weighted by Gasteiger charge is -2.29. The van der Waals surface area contributed by atoms with Crippen molar-refractivity contribution in [2.24, 2.45) is 58.8 Å². The number of aromatic nitrogens is 6. The Bertz CT molecular complexity index is 5530. The highest BCUT2D eigenvalue weighted by Gasteiger charge is 2.27. The Labute approximate surface area is 815 Å². The van der Waals surface area contributed by atoms with Gasteiger partial charge in [-0.2, -0.15) is 42.1 Å². The first-order valence-corrected chi connectivity index (χ1v) is 50.5. The molecule has 0 unspecified atom stereocenters. The summed E-state index contributed by atoms with van der Waals surface area (Å²) in [6.45, 7) is 10.1. The van der Waals surface area contributed by atoms with Crippen molar-refractivity contribution in [2.45, 2.75) is 226 Å². The van der Waals surface area contributed by atoms with E-state index in [0.717, 1.165) is 144 Å². The highest BCUT2D eigenvalue weighted by molar-refractivity contribution is 9.08. The van der Waals surface area contributed by atoms with Gasteiger partial charge in [0.05, 0.1) is 54.3 Å². The van der Waals surface area contributed by atoms with Crippen molar-refractivity contribution in [1.82, 2.24) is 29.9 Å². The normalized spacial score (nSPS) is 17.2. The van der Waals surface area contributed by atoms with Gasteiger partial charge in [0.2, 0.25) is 0 Å². The molecule has 4 aliphatic carbocycles. The number of halogens is 1. The number of nitrogens with two attached hydrogens (primary N) is 2. The standard InChI is InChI=1S/C23H31N5.C23H25N3.C23H23N3.C16H19NO.C11H15N2O3P.C7H5BrN2.C7H6N2.C2H6/c24-22(25)20-11-8-16(9-12-20)4-5-17-2-1-3-18(14-17)6-7-19-10-13-21(23(26)27)28-15-19;2*24-15-21-9-5-18(6-10-21)4-7-19-2-1-3-20(14-19)8-11-22-12-13-23(16-25)26-17-22;17-11-15-8-5-13(6-9-15)4-7-14-2-1-3-16(10-14)12-18;1-3-15-17(14,16-4-2)9-10-5-6-11(7-12)13-8-10;8-3-6-1-2-7(4-9)10-5-6;1-6-2-3-7(4-8)9-5-6;1-2/h8-13,15,17-18H,1-7,14H2,(H3,24,25)(H3,26,27);5-6,9-10,12-13,17,19-20H,1-4,7-8,11,14H2;5-6,8-13,17,19-20H,1-4,7,14H2;5-6,8-9,12,14,16H,1-4,7,10H2;5-6,8H,3-4,9H2,1-2H3;1-2,5H,3H2;2-3,5H,1H3;1-2H3/b;;11-8+;;;;;/t17-,18+;2*19-,20+;14-,16-;;;;/m0000..../s1. The van der Waals surface area contributed by atoms with Crippen LogP contribution in [0.5, 0.6) is 0 Å². The Hall–Kier alpha value is -13.3. The number of aryl methyl sites for hydroxylation is 7. The van der Waals surface area contributed by atoms with E-state index in [4.69, 9.17) is 73.4 Å². The summed E-state index contributed by atoms with van der Waals surface area (Å²) >= 11 is 3.28. The molecule has 136 heavy (non-hydrogen) atoms. The third-order valence-electron chi connectivity index (χ3n) is 24.8. The molecule has 0 aliphatic heterocycles. The quantitative estimate of drug-likeness (QED) is 0.0107. The van der Waals surface area contributed by atoms with Crippen molar-refractivity contribution < 1.29 is 18.4 Å². The lowest BCUT2D eigenvalue weighted by atomic mass is 9.77. The fraction of sp³-hybridized carbons (Fsp3) is 0.402. The molecule has 14 rings (SSSR count). The maximum Gasteiger partial charge on any atom is 0.335 e. The van der Waals surface area contributed by atoms with Gasteiger partial charge in [-0.05, 0) is 306 Å². The largest absolute Gasteiger partial charge is 0.384 e. The van der Waals surface area contributed by atoms with Crippen LogP contribution in [0.25, 0.3) is 6.08 Å². The highest BCUT2D eigenvalue weighted by Crippen LogP contribution is 2.51. The Morgan fingerprint density at radius 1 is 0.390 bits per heavy atom. The van der Waals surface area contributed by atoms with Crippen LogP contribution < -0.4 is 11.5 Å². The molecule has 704 valence electrons. The summed E-state index contributed by atoms with van der Waals surface area (Å²) in [5.74, 6) is 5.79. The van der Waals surface area contributed by atoms with Crippen LogP contribution in [0.4, 0.5) is 0 Å². The molecule has 4 aliphatic rings. The number of nitrogens with zero attached hydrogens (tertiary/aromatic N) is 14. The molecule has 0 radical (unpaired) electrons. The second-order valence-electron chi connectivity index (χ2n) is 34.8. The summed E-state index contributed by atoms with van der Waals surface area (Å²) in [6, 6.07) is 70.3. The van der Waals surface area contributed by atoms with E-state index in [0.29, 0.717) is 65.1 Å². The molecule has 22 nitrogen and oxygen atoms in total. The fourth-order valence-corrected chi connectivity index (χ4v) is 19.3.